The number of aromatic carboxylic acids is 1. The van der Waals surface area contributed by atoms with Crippen LogP contribution in [0.2, 0.25) is 0 Å². The summed E-state index contributed by atoms with van der Waals surface area (Å²) in [5.41, 5.74) is 2.02. The molecule has 0 spiro atoms. The van der Waals surface area contributed by atoms with Gasteiger partial charge in [-0.1, -0.05) is 0 Å². The van der Waals surface area contributed by atoms with Gasteiger partial charge in [-0.3, -0.25) is 0 Å². The zero-order valence-electron chi connectivity index (χ0n) is 10.6. The van der Waals surface area contributed by atoms with Crippen molar-refractivity contribution in [1.29, 1.82) is 0 Å². The standard InChI is InChI=1S/C14H16N2O3/c17-14(18)11-1-2-13-12(7-11)15-9-16(13)8-10-3-5-19-6-4-10/h1-2,7,9-10H,3-6,8H2,(H,17,18). The van der Waals surface area contributed by atoms with Gasteiger partial charge in [0, 0.05) is 19.8 Å². The number of carboxylic acids is 1. The molecule has 0 atom stereocenters. The van der Waals surface area contributed by atoms with E-state index in [2.05, 4.69) is 9.55 Å². The average molecular weight is 260 g/mol. The Morgan fingerprint density at radius 3 is 2.95 bits per heavy atom. The first-order valence-electron chi connectivity index (χ1n) is 6.50. The Hall–Kier alpha value is -1.88. The molecule has 0 bridgehead atoms. The van der Waals surface area contributed by atoms with E-state index in [9.17, 15) is 4.79 Å². The van der Waals surface area contributed by atoms with E-state index in [4.69, 9.17) is 9.84 Å². The van der Waals surface area contributed by atoms with Crippen LogP contribution in [-0.2, 0) is 11.3 Å². The summed E-state index contributed by atoms with van der Waals surface area (Å²) < 4.78 is 7.47. The van der Waals surface area contributed by atoms with Gasteiger partial charge in [-0.05, 0) is 37.0 Å². The zero-order valence-corrected chi connectivity index (χ0v) is 10.6. The van der Waals surface area contributed by atoms with E-state index in [1.807, 2.05) is 6.07 Å². The van der Waals surface area contributed by atoms with E-state index in [1.165, 1.54) is 0 Å². The normalized spacial score (nSPS) is 16.8. The fraction of sp³-hybridized carbons (Fsp3) is 0.429. The number of hydrogen-bond donors (Lipinski definition) is 1. The Balaban J connectivity index is 1.86. The Morgan fingerprint density at radius 2 is 2.21 bits per heavy atom. The number of imidazole rings is 1. The summed E-state index contributed by atoms with van der Waals surface area (Å²) in [5.74, 6) is -0.300. The lowest BCUT2D eigenvalue weighted by atomic mass is 10.0. The number of ether oxygens (including phenoxy) is 1. The highest BCUT2D eigenvalue weighted by Crippen LogP contribution is 2.21. The predicted molar refractivity (Wildman–Crippen MR) is 70.2 cm³/mol. The smallest absolute Gasteiger partial charge is 0.335 e. The number of aromatic nitrogens is 2. The molecule has 2 aromatic rings. The molecule has 1 N–H and O–H groups in total. The Kier molecular flexibility index (Phi) is 3.21. The molecule has 1 aliphatic heterocycles. The maximum absolute atomic E-state index is 10.9. The van der Waals surface area contributed by atoms with Crippen molar-refractivity contribution in [2.45, 2.75) is 19.4 Å². The van der Waals surface area contributed by atoms with Crippen molar-refractivity contribution < 1.29 is 14.6 Å². The molecule has 2 heterocycles. The monoisotopic (exact) mass is 260 g/mol. The van der Waals surface area contributed by atoms with Gasteiger partial charge in [-0.2, -0.15) is 0 Å². The van der Waals surface area contributed by atoms with Crippen molar-refractivity contribution in [2.24, 2.45) is 5.92 Å². The van der Waals surface area contributed by atoms with Crippen LogP contribution in [0, 0.1) is 5.92 Å². The zero-order chi connectivity index (χ0) is 13.2. The third-order valence-corrected chi connectivity index (χ3v) is 3.66. The number of carbonyl (C=O) groups is 1. The predicted octanol–water partition coefficient (Wildman–Crippen LogP) is 2.16. The number of nitrogens with zero attached hydrogens (tertiary/aromatic N) is 2. The van der Waals surface area contributed by atoms with Crippen molar-refractivity contribution in [3.8, 4) is 0 Å². The molecule has 100 valence electrons. The summed E-state index contributed by atoms with van der Waals surface area (Å²) in [4.78, 5) is 15.2. The largest absolute Gasteiger partial charge is 0.478 e. The van der Waals surface area contributed by atoms with E-state index in [0.29, 0.717) is 5.92 Å². The van der Waals surface area contributed by atoms with Crippen molar-refractivity contribution in [2.75, 3.05) is 13.2 Å². The molecule has 3 rings (SSSR count). The molecule has 5 heteroatoms. The van der Waals surface area contributed by atoms with Gasteiger partial charge in [-0.15, -0.1) is 0 Å². The van der Waals surface area contributed by atoms with Crippen LogP contribution in [0.5, 0.6) is 0 Å². The minimum Gasteiger partial charge on any atom is -0.478 e. The third kappa shape index (κ3) is 2.46. The summed E-state index contributed by atoms with van der Waals surface area (Å²) in [5, 5.41) is 8.96. The highest BCUT2D eigenvalue weighted by molar-refractivity contribution is 5.92. The molecular weight excluding hydrogens is 244 g/mol. The molecule has 1 aromatic heterocycles. The fourth-order valence-electron chi connectivity index (χ4n) is 2.55. The minimum atomic E-state index is -0.916. The van der Waals surface area contributed by atoms with Crippen molar-refractivity contribution >= 4 is 17.0 Å². The molecule has 1 fully saturated rings. The molecule has 1 saturated heterocycles. The average Bonchev–Trinajstić information content (AvgIpc) is 2.82. The van der Waals surface area contributed by atoms with Crippen LogP contribution >= 0.6 is 0 Å². The summed E-state index contributed by atoms with van der Waals surface area (Å²) in [6.07, 6.45) is 3.95. The van der Waals surface area contributed by atoms with E-state index in [0.717, 1.165) is 43.6 Å². The van der Waals surface area contributed by atoms with Gasteiger partial charge in [0.25, 0.3) is 0 Å². The highest BCUT2D eigenvalue weighted by atomic mass is 16.5. The first kappa shape index (κ1) is 12.2. The molecule has 19 heavy (non-hydrogen) atoms. The van der Waals surface area contributed by atoms with Crippen molar-refractivity contribution in [3.63, 3.8) is 0 Å². The third-order valence-electron chi connectivity index (χ3n) is 3.66. The second-order valence-corrected chi connectivity index (χ2v) is 4.96. The lowest BCUT2D eigenvalue weighted by Crippen LogP contribution is -2.20. The van der Waals surface area contributed by atoms with Crippen LogP contribution in [0.15, 0.2) is 24.5 Å². The molecule has 1 aromatic carbocycles. The van der Waals surface area contributed by atoms with Gasteiger partial charge in [0.1, 0.15) is 0 Å². The van der Waals surface area contributed by atoms with Gasteiger partial charge in [0.05, 0.1) is 22.9 Å². The highest BCUT2D eigenvalue weighted by Gasteiger charge is 2.16. The fourth-order valence-corrected chi connectivity index (χ4v) is 2.55. The summed E-state index contributed by atoms with van der Waals surface area (Å²) in [7, 11) is 0. The van der Waals surface area contributed by atoms with E-state index < -0.39 is 5.97 Å². The number of benzene rings is 1. The molecule has 0 aliphatic carbocycles. The van der Waals surface area contributed by atoms with Gasteiger partial charge >= 0.3 is 5.97 Å². The minimum absolute atomic E-state index is 0.281. The van der Waals surface area contributed by atoms with E-state index >= 15 is 0 Å². The Morgan fingerprint density at radius 1 is 1.42 bits per heavy atom. The maximum Gasteiger partial charge on any atom is 0.335 e. The topological polar surface area (TPSA) is 64.3 Å². The molecule has 0 saturated carbocycles. The van der Waals surface area contributed by atoms with Gasteiger partial charge in [-0.25, -0.2) is 9.78 Å². The second-order valence-electron chi connectivity index (χ2n) is 4.96. The quantitative estimate of drug-likeness (QED) is 0.918. The van der Waals surface area contributed by atoms with Crippen LogP contribution in [0.1, 0.15) is 23.2 Å². The van der Waals surface area contributed by atoms with Gasteiger partial charge in [0.2, 0.25) is 0 Å². The molecular formula is C14H16N2O3. The van der Waals surface area contributed by atoms with Crippen LogP contribution < -0.4 is 0 Å². The number of fused-ring (bicyclic) bond motifs is 1. The van der Waals surface area contributed by atoms with Gasteiger partial charge < -0.3 is 14.4 Å². The summed E-state index contributed by atoms with van der Waals surface area (Å²) >= 11 is 0. The summed E-state index contributed by atoms with van der Waals surface area (Å²) in [6.45, 7) is 2.59. The first-order valence-corrected chi connectivity index (χ1v) is 6.50. The van der Waals surface area contributed by atoms with E-state index in [1.54, 1.807) is 18.5 Å². The molecule has 0 radical (unpaired) electrons. The maximum atomic E-state index is 10.9. The molecule has 1 aliphatic rings. The van der Waals surface area contributed by atoms with Gasteiger partial charge in [0.15, 0.2) is 0 Å². The Labute approximate surface area is 110 Å². The lowest BCUT2D eigenvalue weighted by molar-refractivity contribution is 0.0616. The molecule has 0 unspecified atom stereocenters. The second kappa shape index (κ2) is 5.01. The SMILES string of the molecule is O=C(O)c1ccc2c(c1)ncn2CC1CCOCC1. The van der Waals surface area contributed by atoms with Crippen LogP contribution in [0.25, 0.3) is 11.0 Å². The molecule has 5 nitrogen and oxygen atoms in total. The van der Waals surface area contributed by atoms with Crippen LogP contribution in [0.3, 0.4) is 0 Å². The molecule has 0 amide bonds. The van der Waals surface area contributed by atoms with Crippen LogP contribution in [0.4, 0.5) is 0 Å². The van der Waals surface area contributed by atoms with Crippen LogP contribution in [-0.4, -0.2) is 33.8 Å². The summed E-state index contributed by atoms with van der Waals surface area (Å²) in [6, 6.07) is 5.09. The Bertz CT molecular complexity index is 600. The number of hydrogen-bond acceptors (Lipinski definition) is 3. The lowest BCUT2D eigenvalue weighted by Gasteiger charge is -2.22. The van der Waals surface area contributed by atoms with Crippen molar-refractivity contribution in [3.05, 3.63) is 30.1 Å². The first-order chi connectivity index (χ1) is 9.24. The van der Waals surface area contributed by atoms with Crippen molar-refractivity contribution in [1.82, 2.24) is 9.55 Å². The number of rotatable bonds is 3. The number of carboxylic acid groups (broad SMARTS) is 1. The van der Waals surface area contributed by atoms with E-state index in [-0.39, 0.29) is 5.56 Å².